The number of hydrogen-bond acceptors (Lipinski definition) is 8. The summed E-state index contributed by atoms with van der Waals surface area (Å²) >= 11 is 2.39. The number of hydrogen-bond donors (Lipinski definition) is 1. The highest BCUT2D eigenvalue weighted by Gasteiger charge is 2.11. The van der Waals surface area contributed by atoms with E-state index in [0.717, 1.165) is 11.1 Å². The molecule has 2 rings (SSSR count). The third-order valence-corrected chi connectivity index (χ3v) is 5.05. The Balaban J connectivity index is 1.83. The Morgan fingerprint density at radius 3 is 2.83 bits per heavy atom. The first-order valence-corrected chi connectivity index (χ1v) is 8.81. The molecule has 0 unspecified atom stereocenters. The van der Waals surface area contributed by atoms with Crippen LogP contribution in [0.3, 0.4) is 0 Å². The number of amides is 1. The normalized spacial score (nSPS) is 10.3. The first kappa shape index (κ1) is 18.2. The quantitative estimate of drug-likeness (QED) is 0.456. The molecule has 0 bridgehead atoms. The lowest BCUT2D eigenvalue weighted by Crippen LogP contribution is -2.20. The van der Waals surface area contributed by atoms with Crippen LogP contribution < -0.4 is 10.1 Å². The first-order chi connectivity index (χ1) is 11.5. The van der Waals surface area contributed by atoms with Gasteiger partial charge in [0.15, 0.2) is 10.9 Å². The van der Waals surface area contributed by atoms with E-state index in [9.17, 15) is 9.59 Å². The molecule has 0 radical (unpaired) electrons. The second kappa shape index (κ2) is 8.65. The van der Waals surface area contributed by atoms with Crippen molar-refractivity contribution in [3.8, 4) is 5.75 Å². The van der Waals surface area contributed by atoms with Crippen molar-refractivity contribution >= 4 is 40.1 Å². The number of anilines is 1. The lowest BCUT2D eigenvalue weighted by molar-refractivity contribution is -0.137. The number of carbonyl (C=O) groups is 2. The molecule has 0 saturated heterocycles. The maximum Gasteiger partial charge on any atom is 0.316 e. The Morgan fingerprint density at radius 2 is 2.08 bits per heavy atom. The van der Waals surface area contributed by atoms with Crippen LogP contribution in [0.2, 0.25) is 0 Å². The number of nitrogens with zero attached hydrogens (tertiary/aromatic N) is 2. The summed E-state index contributed by atoms with van der Waals surface area (Å²) in [5, 5.41) is 10.7. The van der Waals surface area contributed by atoms with E-state index in [2.05, 4.69) is 20.3 Å². The second-order valence-electron chi connectivity index (χ2n) is 4.77. The van der Waals surface area contributed by atoms with E-state index in [4.69, 9.17) is 4.74 Å². The van der Waals surface area contributed by atoms with E-state index in [1.165, 1.54) is 30.2 Å². The highest BCUT2D eigenvalue weighted by molar-refractivity contribution is 8.01. The van der Waals surface area contributed by atoms with E-state index in [0.29, 0.717) is 15.2 Å². The number of rotatable bonds is 7. The number of esters is 1. The number of nitrogens with one attached hydrogen (secondary N) is 1. The zero-order valence-electron chi connectivity index (χ0n) is 13.5. The summed E-state index contributed by atoms with van der Waals surface area (Å²) in [7, 11) is 1.32. The minimum Gasteiger partial charge on any atom is -0.483 e. The molecule has 24 heavy (non-hydrogen) atoms. The smallest absolute Gasteiger partial charge is 0.316 e. The summed E-state index contributed by atoms with van der Waals surface area (Å²) in [6.45, 7) is 3.81. The van der Waals surface area contributed by atoms with Crippen LogP contribution in [-0.2, 0) is 14.3 Å². The standard InChI is InChI=1S/C15H17N3O4S2/c1-9-5-4-6-11(10(9)2)22-7-12(19)16-14-17-18-15(24-14)23-8-13(20)21-3/h4-6H,7-8H2,1-3H3,(H,16,17,19). The number of carbonyl (C=O) groups excluding carboxylic acids is 2. The Labute approximate surface area is 147 Å². The molecule has 0 saturated carbocycles. The van der Waals surface area contributed by atoms with Crippen molar-refractivity contribution in [3.05, 3.63) is 29.3 Å². The molecule has 1 aromatic carbocycles. The van der Waals surface area contributed by atoms with Crippen molar-refractivity contribution in [1.82, 2.24) is 10.2 Å². The zero-order chi connectivity index (χ0) is 17.5. The minimum absolute atomic E-state index is 0.117. The monoisotopic (exact) mass is 367 g/mol. The molecule has 0 aliphatic heterocycles. The van der Waals surface area contributed by atoms with Gasteiger partial charge < -0.3 is 9.47 Å². The topological polar surface area (TPSA) is 90.4 Å². The average molecular weight is 367 g/mol. The molecule has 0 atom stereocenters. The number of aryl methyl sites for hydroxylation is 1. The van der Waals surface area contributed by atoms with Gasteiger partial charge in [-0.25, -0.2) is 0 Å². The molecular formula is C15H17N3O4S2. The van der Waals surface area contributed by atoms with Gasteiger partial charge in [0.25, 0.3) is 5.91 Å². The van der Waals surface area contributed by atoms with Gasteiger partial charge >= 0.3 is 5.97 Å². The molecule has 128 valence electrons. The summed E-state index contributed by atoms with van der Waals surface area (Å²) in [6.07, 6.45) is 0. The van der Waals surface area contributed by atoms with Crippen LogP contribution in [0, 0.1) is 13.8 Å². The van der Waals surface area contributed by atoms with Gasteiger partial charge in [-0.15, -0.1) is 10.2 Å². The summed E-state index contributed by atoms with van der Waals surface area (Å²) < 4.78 is 10.7. The molecule has 1 heterocycles. The predicted octanol–water partition coefficient (Wildman–Crippen LogP) is 2.44. The van der Waals surface area contributed by atoms with Crippen LogP contribution in [0.5, 0.6) is 5.75 Å². The maximum atomic E-state index is 11.9. The highest BCUT2D eigenvalue weighted by atomic mass is 32.2. The molecule has 0 aliphatic rings. The summed E-state index contributed by atoms with van der Waals surface area (Å²) in [5.74, 6) is 0.158. The predicted molar refractivity (Wildman–Crippen MR) is 92.7 cm³/mol. The number of methoxy groups -OCH3 is 1. The SMILES string of the molecule is COC(=O)CSc1nnc(NC(=O)COc2cccc(C)c2C)s1. The maximum absolute atomic E-state index is 11.9. The number of thioether (sulfide) groups is 1. The Morgan fingerprint density at radius 1 is 1.29 bits per heavy atom. The summed E-state index contributed by atoms with van der Waals surface area (Å²) in [4.78, 5) is 23.0. The minimum atomic E-state index is -0.345. The van der Waals surface area contributed by atoms with Gasteiger partial charge in [0.05, 0.1) is 12.9 Å². The van der Waals surface area contributed by atoms with Crippen molar-refractivity contribution in [3.63, 3.8) is 0 Å². The van der Waals surface area contributed by atoms with E-state index in [1.54, 1.807) is 0 Å². The fourth-order valence-electron chi connectivity index (χ4n) is 1.68. The van der Waals surface area contributed by atoms with Gasteiger partial charge in [0.2, 0.25) is 5.13 Å². The average Bonchev–Trinajstić information content (AvgIpc) is 3.01. The van der Waals surface area contributed by atoms with E-state index < -0.39 is 0 Å². The van der Waals surface area contributed by atoms with Gasteiger partial charge in [-0.3, -0.25) is 14.9 Å². The van der Waals surface area contributed by atoms with Gasteiger partial charge in [-0.2, -0.15) is 0 Å². The zero-order valence-corrected chi connectivity index (χ0v) is 15.1. The molecule has 1 amide bonds. The lowest BCUT2D eigenvalue weighted by Gasteiger charge is -2.10. The lowest BCUT2D eigenvalue weighted by atomic mass is 10.1. The third kappa shape index (κ3) is 5.20. The molecule has 7 nitrogen and oxygen atoms in total. The Kier molecular flexibility index (Phi) is 6.56. The molecule has 9 heteroatoms. The largest absolute Gasteiger partial charge is 0.483 e. The van der Waals surface area contributed by atoms with Crippen LogP contribution in [-0.4, -0.2) is 41.5 Å². The summed E-state index contributed by atoms with van der Waals surface area (Å²) in [5.41, 5.74) is 2.10. The first-order valence-electron chi connectivity index (χ1n) is 7.01. The Bertz CT molecular complexity index is 733. The van der Waals surface area contributed by atoms with Crippen molar-refractivity contribution in [1.29, 1.82) is 0 Å². The molecular weight excluding hydrogens is 350 g/mol. The van der Waals surface area contributed by atoms with Crippen LogP contribution in [0.1, 0.15) is 11.1 Å². The van der Waals surface area contributed by atoms with Gasteiger partial charge in [0.1, 0.15) is 5.75 Å². The fourth-order valence-corrected chi connectivity index (χ4v) is 3.28. The van der Waals surface area contributed by atoms with Crippen molar-refractivity contribution in [2.45, 2.75) is 18.2 Å². The van der Waals surface area contributed by atoms with Crippen LogP contribution in [0.25, 0.3) is 0 Å². The summed E-state index contributed by atoms with van der Waals surface area (Å²) in [6, 6.07) is 5.68. The molecule has 1 aromatic heterocycles. The van der Waals surface area contributed by atoms with E-state index in [1.807, 2.05) is 32.0 Å². The van der Waals surface area contributed by atoms with Crippen LogP contribution >= 0.6 is 23.1 Å². The van der Waals surface area contributed by atoms with E-state index >= 15 is 0 Å². The van der Waals surface area contributed by atoms with Gasteiger partial charge in [0, 0.05) is 0 Å². The van der Waals surface area contributed by atoms with Crippen LogP contribution in [0.15, 0.2) is 22.5 Å². The van der Waals surface area contributed by atoms with Crippen molar-refractivity contribution in [2.24, 2.45) is 0 Å². The number of benzene rings is 1. The molecule has 0 spiro atoms. The molecule has 0 aliphatic carbocycles. The second-order valence-corrected chi connectivity index (χ2v) is 6.97. The highest BCUT2D eigenvalue weighted by Crippen LogP contribution is 2.25. The number of aromatic nitrogens is 2. The van der Waals surface area contributed by atoms with Crippen molar-refractivity contribution < 1.29 is 19.1 Å². The third-order valence-electron chi connectivity index (χ3n) is 3.11. The van der Waals surface area contributed by atoms with Gasteiger partial charge in [-0.1, -0.05) is 35.2 Å². The van der Waals surface area contributed by atoms with Gasteiger partial charge in [-0.05, 0) is 31.0 Å². The number of ether oxygens (including phenoxy) is 2. The molecule has 1 N–H and O–H groups in total. The fraction of sp³-hybridized carbons (Fsp3) is 0.333. The van der Waals surface area contributed by atoms with E-state index in [-0.39, 0.29) is 24.2 Å². The van der Waals surface area contributed by atoms with Crippen molar-refractivity contribution in [2.75, 3.05) is 24.8 Å². The Hall–Kier alpha value is -2.13. The molecule has 0 fully saturated rings. The molecule has 2 aromatic rings. The van der Waals surface area contributed by atoms with Crippen LogP contribution in [0.4, 0.5) is 5.13 Å².